The maximum Gasteiger partial charge on any atom is 0.258 e. The topological polar surface area (TPSA) is 44.1 Å². The zero-order valence-electron chi connectivity index (χ0n) is 10.9. The van der Waals surface area contributed by atoms with E-state index in [4.69, 9.17) is 11.6 Å². The van der Waals surface area contributed by atoms with Crippen LogP contribution in [0.2, 0.25) is 5.02 Å². The van der Waals surface area contributed by atoms with Gasteiger partial charge in [-0.05, 0) is 50.3 Å². The second kappa shape index (κ2) is 4.75. The molecule has 0 heterocycles. The van der Waals surface area contributed by atoms with Gasteiger partial charge < -0.3 is 4.90 Å². The number of hydrogen-bond donors (Lipinski definition) is 0. The molecule has 0 saturated heterocycles. The van der Waals surface area contributed by atoms with Crippen molar-refractivity contribution in [3.8, 4) is 6.07 Å². The zero-order valence-corrected chi connectivity index (χ0v) is 11.7. The molecule has 3 rings (SSSR count). The molecule has 0 aliphatic heterocycles. The molecular formula is C15H14ClFN2O. The summed E-state index contributed by atoms with van der Waals surface area (Å²) in [5.74, 6) is -0.994. The lowest BCUT2D eigenvalue weighted by atomic mass is 9.76. The van der Waals surface area contributed by atoms with E-state index in [2.05, 4.69) is 6.07 Å². The Morgan fingerprint density at radius 1 is 1.45 bits per heavy atom. The summed E-state index contributed by atoms with van der Waals surface area (Å²) in [6, 6.07) is 6.30. The first-order valence-electron chi connectivity index (χ1n) is 6.77. The van der Waals surface area contributed by atoms with Crippen molar-refractivity contribution in [1.82, 2.24) is 4.90 Å². The van der Waals surface area contributed by atoms with Crippen LogP contribution in [0.1, 0.15) is 42.5 Å². The number of halogens is 2. The highest BCUT2D eigenvalue weighted by Crippen LogP contribution is 2.44. The van der Waals surface area contributed by atoms with Gasteiger partial charge in [-0.25, -0.2) is 4.39 Å². The summed E-state index contributed by atoms with van der Waals surface area (Å²) < 4.78 is 13.9. The van der Waals surface area contributed by atoms with Crippen molar-refractivity contribution in [3.63, 3.8) is 0 Å². The molecule has 3 nitrogen and oxygen atoms in total. The van der Waals surface area contributed by atoms with E-state index < -0.39 is 17.3 Å². The van der Waals surface area contributed by atoms with Crippen molar-refractivity contribution < 1.29 is 9.18 Å². The molecule has 5 heteroatoms. The Kier molecular flexibility index (Phi) is 3.18. The molecule has 104 valence electrons. The molecule has 2 aliphatic carbocycles. The van der Waals surface area contributed by atoms with Gasteiger partial charge in [-0.2, -0.15) is 5.26 Å². The van der Waals surface area contributed by atoms with E-state index in [-0.39, 0.29) is 11.6 Å². The van der Waals surface area contributed by atoms with Gasteiger partial charge in [0.1, 0.15) is 11.4 Å². The lowest BCUT2D eigenvalue weighted by molar-refractivity contribution is 0.0357. The molecule has 1 aromatic rings. The van der Waals surface area contributed by atoms with Gasteiger partial charge in [-0.15, -0.1) is 0 Å². The van der Waals surface area contributed by atoms with Crippen LogP contribution >= 0.6 is 11.6 Å². The number of amides is 1. The second-order valence-corrected chi connectivity index (χ2v) is 5.96. The average molecular weight is 293 g/mol. The Hall–Kier alpha value is -1.60. The van der Waals surface area contributed by atoms with E-state index in [9.17, 15) is 14.4 Å². The van der Waals surface area contributed by atoms with Crippen molar-refractivity contribution in [2.45, 2.75) is 43.7 Å². The van der Waals surface area contributed by atoms with Gasteiger partial charge in [0.25, 0.3) is 5.91 Å². The van der Waals surface area contributed by atoms with E-state index in [0.29, 0.717) is 17.9 Å². The average Bonchev–Trinajstić information content (AvgIpc) is 3.20. The van der Waals surface area contributed by atoms with Gasteiger partial charge in [-0.3, -0.25) is 4.79 Å². The molecule has 2 fully saturated rings. The normalized spacial score (nSPS) is 19.9. The van der Waals surface area contributed by atoms with Crippen LogP contribution in [0.15, 0.2) is 18.2 Å². The van der Waals surface area contributed by atoms with Gasteiger partial charge in [0, 0.05) is 11.1 Å². The van der Waals surface area contributed by atoms with Crippen molar-refractivity contribution >= 4 is 17.5 Å². The Labute approximate surface area is 121 Å². The van der Waals surface area contributed by atoms with Crippen molar-refractivity contribution in [2.24, 2.45) is 0 Å². The van der Waals surface area contributed by atoms with Gasteiger partial charge in [0.05, 0.1) is 11.6 Å². The third-order valence-corrected chi connectivity index (χ3v) is 4.37. The molecule has 1 amide bonds. The summed E-state index contributed by atoms with van der Waals surface area (Å²) in [6.45, 7) is 0. The van der Waals surface area contributed by atoms with Gasteiger partial charge >= 0.3 is 0 Å². The summed E-state index contributed by atoms with van der Waals surface area (Å²) in [7, 11) is 0. The van der Waals surface area contributed by atoms with Crippen LogP contribution in [0.25, 0.3) is 0 Å². The molecule has 0 unspecified atom stereocenters. The molecule has 1 aromatic carbocycles. The number of rotatable bonds is 3. The fraction of sp³-hybridized carbons (Fsp3) is 0.467. The largest absolute Gasteiger partial charge is 0.317 e. The predicted octanol–water partition coefficient (Wildman–Crippen LogP) is 3.53. The molecule has 0 spiro atoms. The smallest absolute Gasteiger partial charge is 0.258 e. The Bertz CT molecular complexity index is 602. The molecule has 0 aromatic heterocycles. The van der Waals surface area contributed by atoms with Crippen LogP contribution in [0, 0.1) is 17.1 Å². The van der Waals surface area contributed by atoms with Crippen LogP contribution in [0.3, 0.4) is 0 Å². The van der Waals surface area contributed by atoms with Crippen molar-refractivity contribution in [3.05, 3.63) is 34.6 Å². The van der Waals surface area contributed by atoms with Crippen LogP contribution in [0.4, 0.5) is 4.39 Å². The van der Waals surface area contributed by atoms with Crippen molar-refractivity contribution in [1.29, 1.82) is 5.26 Å². The van der Waals surface area contributed by atoms with Gasteiger partial charge in [-0.1, -0.05) is 11.6 Å². The Balaban J connectivity index is 1.98. The van der Waals surface area contributed by atoms with Crippen LogP contribution in [0.5, 0.6) is 0 Å². The highest BCUT2D eigenvalue weighted by atomic mass is 35.5. The molecule has 0 atom stereocenters. The van der Waals surface area contributed by atoms with E-state index in [1.807, 2.05) is 0 Å². The summed E-state index contributed by atoms with van der Waals surface area (Å²) in [4.78, 5) is 14.3. The quantitative estimate of drug-likeness (QED) is 0.855. The van der Waals surface area contributed by atoms with Crippen LogP contribution < -0.4 is 0 Å². The first-order valence-corrected chi connectivity index (χ1v) is 7.15. The lowest BCUT2D eigenvalue weighted by Crippen LogP contribution is -2.56. The summed E-state index contributed by atoms with van der Waals surface area (Å²) in [5.41, 5.74) is -0.779. The van der Waals surface area contributed by atoms with E-state index in [0.717, 1.165) is 19.3 Å². The van der Waals surface area contributed by atoms with Gasteiger partial charge in [0.15, 0.2) is 0 Å². The third kappa shape index (κ3) is 2.06. The molecule has 0 radical (unpaired) electrons. The number of carbonyl (C=O) groups is 1. The lowest BCUT2D eigenvalue weighted by Gasteiger charge is -2.45. The highest BCUT2D eigenvalue weighted by molar-refractivity contribution is 6.31. The monoisotopic (exact) mass is 292 g/mol. The first kappa shape index (κ1) is 13.4. The zero-order chi connectivity index (χ0) is 14.3. The standard InChI is InChI=1S/C15H14ClFN2O/c16-10-2-5-13(17)12(8-10)14(20)19(11-3-4-11)15(9-18)6-1-7-15/h2,5,8,11H,1,3-4,6-7H2. The Morgan fingerprint density at radius 2 is 2.15 bits per heavy atom. The minimum absolute atomic E-state index is 0.0362. The molecule has 0 N–H and O–H groups in total. The number of hydrogen-bond acceptors (Lipinski definition) is 2. The third-order valence-electron chi connectivity index (χ3n) is 4.14. The minimum Gasteiger partial charge on any atom is -0.317 e. The SMILES string of the molecule is N#CC1(N(C(=O)c2cc(Cl)ccc2F)C2CC2)CCC1. The number of nitriles is 1. The number of benzene rings is 1. The molecule has 20 heavy (non-hydrogen) atoms. The molecule has 2 saturated carbocycles. The fourth-order valence-corrected chi connectivity index (χ4v) is 2.92. The number of nitrogens with zero attached hydrogens (tertiary/aromatic N) is 2. The highest BCUT2D eigenvalue weighted by Gasteiger charge is 2.51. The van der Waals surface area contributed by atoms with Gasteiger partial charge in [0.2, 0.25) is 0 Å². The fourth-order valence-electron chi connectivity index (χ4n) is 2.75. The van der Waals surface area contributed by atoms with Crippen molar-refractivity contribution in [2.75, 3.05) is 0 Å². The second-order valence-electron chi connectivity index (χ2n) is 5.53. The molecule has 0 bridgehead atoms. The Morgan fingerprint density at radius 3 is 2.65 bits per heavy atom. The summed E-state index contributed by atoms with van der Waals surface area (Å²) in [6.07, 6.45) is 4.05. The van der Waals surface area contributed by atoms with E-state index >= 15 is 0 Å². The minimum atomic E-state index is -0.743. The van der Waals surface area contributed by atoms with E-state index in [1.165, 1.54) is 18.2 Å². The van der Waals surface area contributed by atoms with Crippen LogP contribution in [-0.4, -0.2) is 22.4 Å². The van der Waals surface area contributed by atoms with Crippen LogP contribution in [-0.2, 0) is 0 Å². The molecular weight excluding hydrogens is 279 g/mol. The molecule has 2 aliphatic rings. The summed E-state index contributed by atoms with van der Waals surface area (Å²) >= 11 is 5.85. The summed E-state index contributed by atoms with van der Waals surface area (Å²) in [5, 5.41) is 9.76. The number of carbonyl (C=O) groups excluding carboxylic acids is 1. The van der Waals surface area contributed by atoms with E-state index in [1.54, 1.807) is 4.90 Å². The first-order chi connectivity index (χ1) is 9.57. The predicted molar refractivity (Wildman–Crippen MR) is 72.8 cm³/mol. The maximum atomic E-state index is 13.9. The maximum absolute atomic E-state index is 13.9.